The van der Waals surface area contributed by atoms with Crippen molar-refractivity contribution in [1.29, 1.82) is 0 Å². The lowest BCUT2D eigenvalue weighted by Crippen LogP contribution is -2.57. The predicted octanol–water partition coefficient (Wildman–Crippen LogP) is -0.335. The summed E-state index contributed by atoms with van der Waals surface area (Å²) in [4.78, 5) is 28.3. The van der Waals surface area contributed by atoms with Gasteiger partial charge in [-0.25, -0.2) is 0 Å². The Hall–Kier alpha value is -2.12. The van der Waals surface area contributed by atoms with E-state index in [-0.39, 0.29) is 23.6 Å². The van der Waals surface area contributed by atoms with E-state index in [0.29, 0.717) is 51.5 Å². The van der Waals surface area contributed by atoms with Gasteiger partial charge in [-0.3, -0.25) is 9.59 Å². The standard InChI is InChI=1S/C16H21N3O4/c20-14-4-2-1-3-12(14)15(21)18-6-8-19(9-7-18)16(22)13-11-23-10-5-17-13/h1-4,13,17,20H,5-11H2. The molecule has 2 N–H and O–H groups in total. The van der Waals surface area contributed by atoms with Gasteiger partial charge in [-0.1, -0.05) is 12.1 Å². The monoisotopic (exact) mass is 319 g/mol. The van der Waals surface area contributed by atoms with Crippen molar-refractivity contribution >= 4 is 11.8 Å². The molecule has 0 radical (unpaired) electrons. The zero-order valence-corrected chi connectivity index (χ0v) is 12.9. The second-order valence-electron chi connectivity index (χ2n) is 5.72. The molecule has 0 bridgehead atoms. The third-order valence-corrected chi connectivity index (χ3v) is 4.23. The Morgan fingerprint density at radius 3 is 2.48 bits per heavy atom. The van der Waals surface area contributed by atoms with Gasteiger partial charge in [-0.2, -0.15) is 0 Å². The van der Waals surface area contributed by atoms with Gasteiger partial charge in [0.15, 0.2) is 0 Å². The molecular formula is C16H21N3O4. The van der Waals surface area contributed by atoms with Crippen molar-refractivity contribution in [3.63, 3.8) is 0 Å². The summed E-state index contributed by atoms with van der Waals surface area (Å²) in [5, 5.41) is 12.9. The van der Waals surface area contributed by atoms with E-state index in [9.17, 15) is 14.7 Å². The van der Waals surface area contributed by atoms with Gasteiger partial charge >= 0.3 is 0 Å². The van der Waals surface area contributed by atoms with Crippen molar-refractivity contribution in [2.75, 3.05) is 45.9 Å². The van der Waals surface area contributed by atoms with Gasteiger partial charge in [-0.15, -0.1) is 0 Å². The second-order valence-corrected chi connectivity index (χ2v) is 5.72. The fourth-order valence-corrected chi connectivity index (χ4v) is 2.90. The van der Waals surface area contributed by atoms with Crippen LogP contribution in [0, 0.1) is 0 Å². The number of nitrogens with one attached hydrogen (secondary N) is 1. The van der Waals surface area contributed by atoms with E-state index in [2.05, 4.69) is 5.32 Å². The lowest BCUT2D eigenvalue weighted by Gasteiger charge is -2.37. The molecule has 0 aliphatic carbocycles. The second kappa shape index (κ2) is 6.97. The topological polar surface area (TPSA) is 82.1 Å². The first-order valence-electron chi connectivity index (χ1n) is 7.84. The van der Waals surface area contributed by atoms with Gasteiger partial charge in [0.25, 0.3) is 5.91 Å². The molecule has 0 spiro atoms. The van der Waals surface area contributed by atoms with Gasteiger partial charge in [0.05, 0.1) is 18.8 Å². The molecule has 1 aromatic rings. The number of nitrogens with zero attached hydrogens (tertiary/aromatic N) is 2. The van der Waals surface area contributed by atoms with E-state index in [4.69, 9.17) is 4.74 Å². The average Bonchev–Trinajstić information content (AvgIpc) is 2.62. The number of piperazine rings is 1. The van der Waals surface area contributed by atoms with Crippen LogP contribution in [-0.2, 0) is 9.53 Å². The zero-order valence-electron chi connectivity index (χ0n) is 12.9. The normalized spacial score (nSPS) is 22.0. The minimum absolute atomic E-state index is 0.0143. The Labute approximate surface area is 134 Å². The van der Waals surface area contributed by atoms with Gasteiger partial charge < -0.3 is 25.0 Å². The van der Waals surface area contributed by atoms with Crippen LogP contribution in [0.15, 0.2) is 24.3 Å². The van der Waals surface area contributed by atoms with Gasteiger partial charge in [0, 0.05) is 32.7 Å². The SMILES string of the molecule is O=C(c1ccccc1O)N1CCN(C(=O)C2COCCN2)CC1. The Kier molecular flexibility index (Phi) is 4.78. The van der Waals surface area contributed by atoms with E-state index < -0.39 is 0 Å². The first kappa shape index (κ1) is 15.8. The molecule has 2 saturated heterocycles. The number of hydrogen-bond acceptors (Lipinski definition) is 5. The van der Waals surface area contributed by atoms with Crippen LogP contribution < -0.4 is 5.32 Å². The smallest absolute Gasteiger partial charge is 0.257 e. The van der Waals surface area contributed by atoms with Crippen molar-refractivity contribution in [3.05, 3.63) is 29.8 Å². The quantitative estimate of drug-likeness (QED) is 0.780. The minimum atomic E-state index is -0.288. The zero-order chi connectivity index (χ0) is 16.2. The summed E-state index contributed by atoms with van der Waals surface area (Å²) in [6.07, 6.45) is 0. The van der Waals surface area contributed by atoms with Crippen LogP contribution in [-0.4, -0.2) is 78.7 Å². The lowest BCUT2D eigenvalue weighted by molar-refractivity contribution is -0.137. The third-order valence-electron chi connectivity index (χ3n) is 4.23. The highest BCUT2D eigenvalue weighted by molar-refractivity contribution is 5.97. The Bertz CT molecular complexity index is 578. The third kappa shape index (κ3) is 3.46. The molecule has 2 aliphatic rings. The molecule has 7 nitrogen and oxygen atoms in total. The molecule has 3 rings (SSSR count). The molecule has 0 aromatic heterocycles. The molecule has 1 atom stereocenters. The van der Waals surface area contributed by atoms with Gasteiger partial charge in [-0.05, 0) is 12.1 Å². The Morgan fingerprint density at radius 2 is 1.83 bits per heavy atom. The maximum absolute atomic E-state index is 12.4. The Morgan fingerprint density at radius 1 is 1.13 bits per heavy atom. The largest absolute Gasteiger partial charge is 0.507 e. The maximum Gasteiger partial charge on any atom is 0.257 e. The maximum atomic E-state index is 12.4. The number of hydrogen-bond donors (Lipinski definition) is 2. The highest BCUT2D eigenvalue weighted by Crippen LogP contribution is 2.19. The number of benzene rings is 1. The van der Waals surface area contributed by atoms with Gasteiger partial charge in [0.1, 0.15) is 11.8 Å². The van der Waals surface area contributed by atoms with E-state index in [0.717, 1.165) is 0 Å². The van der Waals surface area contributed by atoms with E-state index >= 15 is 0 Å². The van der Waals surface area contributed by atoms with Crippen LogP contribution in [0.3, 0.4) is 0 Å². The molecule has 7 heteroatoms. The molecule has 124 valence electrons. The molecule has 1 aromatic carbocycles. The Balaban J connectivity index is 1.57. The molecule has 2 heterocycles. The van der Waals surface area contributed by atoms with Crippen LogP contribution in [0.25, 0.3) is 0 Å². The summed E-state index contributed by atoms with van der Waals surface area (Å²) in [5.74, 6) is -0.187. The molecule has 2 fully saturated rings. The average molecular weight is 319 g/mol. The van der Waals surface area contributed by atoms with Crippen LogP contribution in [0.5, 0.6) is 5.75 Å². The first-order valence-corrected chi connectivity index (χ1v) is 7.84. The highest BCUT2D eigenvalue weighted by atomic mass is 16.5. The number of carbonyl (C=O) groups is 2. The summed E-state index contributed by atoms with van der Waals surface area (Å²) < 4.78 is 5.32. The fraction of sp³-hybridized carbons (Fsp3) is 0.500. The molecule has 2 aliphatic heterocycles. The molecule has 1 unspecified atom stereocenters. The lowest BCUT2D eigenvalue weighted by atomic mass is 10.1. The van der Waals surface area contributed by atoms with Gasteiger partial charge in [0.2, 0.25) is 5.91 Å². The highest BCUT2D eigenvalue weighted by Gasteiger charge is 2.30. The van der Waals surface area contributed by atoms with Crippen LogP contribution in [0.1, 0.15) is 10.4 Å². The first-order chi connectivity index (χ1) is 11.2. The summed E-state index contributed by atoms with van der Waals surface area (Å²) >= 11 is 0. The van der Waals surface area contributed by atoms with E-state index in [1.807, 2.05) is 0 Å². The van der Waals surface area contributed by atoms with Crippen molar-refractivity contribution in [1.82, 2.24) is 15.1 Å². The number of para-hydroxylation sites is 1. The number of carbonyl (C=O) groups excluding carboxylic acids is 2. The minimum Gasteiger partial charge on any atom is -0.507 e. The number of rotatable bonds is 2. The van der Waals surface area contributed by atoms with E-state index in [1.54, 1.807) is 28.0 Å². The number of morpholine rings is 1. The molecule has 2 amide bonds. The number of amides is 2. The van der Waals surface area contributed by atoms with Crippen molar-refractivity contribution in [2.45, 2.75) is 6.04 Å². The predicted molar refractivity (Wildman–Crippen MR) is 83.2 cm³/mol. The summed E-state index contributed by atoms with van der Waals surface area (Å²) in [5.41, 5.74) is 0.301. The molecule has 0 saturated carbocycles. The summed E-state index contributed by atoms with van der Waals surface area (Å²) in [6, 6.07) is 6.23. The van der Waals surface area contributed by atoms with Crippen LogP contribution >= 0.6 is 0 Å². The van der Waals surface area contributed by atoms with Crippen molar-refractivity contribution in [2.24, 2.45) is 0 Å². The number of ether oxygens (including phenoxy) is 1. The number of phenolic OH excluding ortho intramolecular Hbond substituents is 1. The fourth-order valence-electron chi connectivity index (χ4n) is 2.90. The summed E-state index contributed by atoms with van der Waals surface area (Å²) in [6.45, 7) is 3.64. The van der Waals surface area contributed by atoms with E-state index in [1.165, 1.54) is 6.07 Å². The van der Waals surface area contributed by atoms with Crippen LogP contribution in [0.4, 0.5) is 0 Å². The van der Waals surface area contributed by atoms with Crippen LogP contribution in [0.2, 0.25) is 0 Å². The van der Waals surface area contributed by atoms with Crippen molar-refractivity contribution < 1.29 is 19.4 Å². The molecule has 23 heavy (non-hydrogen) atoms. The van der Waals surface area contributed by atoms with Crippen molar-refractivity contribution in [3.8, 4) is 5.75 Å². The number of aromatic hydroxyl groups is 1. The number of phenols is 1. The summed E-state index contributed by atoms with van der Waals surface area (Å²) in [7, 11) is 0. The molecular weight excluding hydrogens is 298 g/mol.